The summed E-state index contributed by atoms with van der Waals surface area (Å²) in [6.07, 6.45) is 0. The number of ether oxygens (including phenoxy) is 1. The standard InChI is InChI=1S/C17H29NO2/c1-12(2)9-18-10-15-7-13(3)16(14(4)8-15)20-11-17(5,6)19/h7-8,12,18-19H,9-11H2,1-6H3. The third-order valence-electron chi connectivity index (χ3n) is 2.97. The van der Waals surface area contributed by atoms with Crippen LogP contribution < -0.4 is 10.1 Å². The third kappa shape index (κ3) is 5.93. The molecule has 0 aliphatic carbocycles. The van der Waals surface area contributed by atoms with E-state index in [1.165, 1.54) is 5.56 Å². The molecule has 0 bridgehead atoms. The quantitative estimate of drug-likeness (QED) is 0.805. The third-order valence-corrected chi connectivity index (χ3v) is 2.97. The van der Waals surface area contributed by atoms with Crippen molar-refractivity contribution in [3.8, 4) is 5.75 Å². The van der Waals surface area contributed by atoms with Crippen molar-refractivity contribution in [2.24, 2.45) is 5.92 Å². The molecule has 0 aliphatic rings. The summed E-state index contributed by atoms with van der Waals surface area (Å²) in [5.41, 5.74) is 2.71. The van der Waals surface area contributed by atoms with Gasteiger partial charge in [0.2, 0.25) is 0 Å². The van der Waals surface area contributed by atoms with Crippen LogP contribution in [0.5, 0.6) is 5.75 Å². The van der Waals surface area contributed by atoms with Gasteiger partial charge in [-0.05, 0) is 56.8 Å². The molecule has 0 heterocycles. The van der Waals surface area contributed by atoms with Gasteiger partial charge in [-0.25, -0.2) is 0 Å². The van der Waals surface area contributed by atoms with Crippen molar-refractivity contribution in [3.05, 3.63) is 28.8 Å². The first kappa shape index (κ1) is 17.0. The van der Waals surface area contributed by atoms with Gasteiger partial charge >= 0.3 is 0 Å². The van der Waals surface area contributed by atoms with Crippen LogP contribution >= 0.6 is 0 Å². The van der Waals surface area contributed by atoms with E-state index < -0.39 is 5.60 Å². The van der Waals surface area contributed by atoms with Crippen molar-refractivity contribution >= 4 is 0 Å². The average molecular weight is 279 g/mol. The van der Waals surface area contributed by atoms with Crippen LogP contribution in [-0.2, 0) is 6.54 Å². The van der Waals surface area contributed by atoms with Gasteiger partial charge in [-0.2, -0.15) is 0 Å². The van der Waals surface area contributed by atoms with Crippen LogP contribution in [0.4, 0.5) is 0 Å². The molecule has 3 heteroatoms. The Bertz CT molecular complexity index is 410. The zero-order valence-corrected chi connectivity index (χ0v) is 13.7. The van der Waals surface area contributed by atoms with Gasteiger partial charge in [0, 0.05) is 6.54 Å². The van der Waals surface area contributed by atoms with Crippen molar-refractivity contribution in [1.82, 2.24) is 5.32 Å². The van der Waals surface area contributed by atoms with Crippen LogP contribution in [0.15, 0.2) is 12.1 Å². The molecule has 114 valence electrons. The minimum Gasteiger partial charge on any atom is -0.490 e. The number of nitrogens with one attached hydrogen (secondary N) is 1. The van der Waals surface area contributed by atoms with Crippen LogP contribution in [0, 0.1) is 19.8 Å². The number of hydrogen-bond donors (Lipinski definition) is 2. The maximum atomic E-state index is 9.75. The minimum atomic E-state index is -0.809. The molecule has 0 radical (unpaired) electrons. The van der Waals surface area contributed by atoms with Crippen LogP contribution in [0.1, 0.15) is 44.4 Å². The Morgan fingerprint density at radius 1 is 1.20 bits per heavy atom. The lowest BCUT2D eigenvalue weighted by molar-refractivity contribution is 0.0280. The van der Waals surface area contributed by atoms with Gasteiger partial charge < -0.3 is 15.2 Å². The van der Waals surface area contributed by atoms with Gasteiger partial charge in [-0.1, -0.05) is 26.0 Å². The molecule has 2 N–H and O–H groups in total. The molecule has 0 aromatic heterocycles. The predicted molar refractivity (Wildman–Crippen MR) is 84.3 cm³/mol. The van der Waals surface area contributed by atoms with Crippen LogP contribution in [-0.4, -0.2) is 23.9 Å². The average Bonchev–Trinajstić information content (AvgIpc) is 2.25. The summed E-state index contributed by atoms with van der Waals surface area (Å²) in [4.78, 5) is 0. The summed E-state index contributed by atoms with van der Waals surface area (Å²) in [6.45, 7) is 14.2. The second-order valence-corrected chi connectivity index (χ2v) is 6.68. The first-order chi connectivity index (χ1) is 9.19. The minimum absolute atomic E-state index is 0.305. The van der Waals surface area contributed by atoms with E-state index in [2.05, 4.69) is 45.1 Å². The highest BCUT2D eigenvalue weighted by Crippen LogP contribution is 2.25. The van der Waals surface area contributed by atoms with Crippen molar-refractivity contribution in [3.63, 3.8) is 0 Å². The Morgan fingerprint density at radius 2 is 1.75 bits per heavy atom. The fourth-order valence-corrected chi connectivity index (χ4v) is 2.12. The normalized spacial score (nSPS) is 12.0. The smallest absolute Gasteiger partial charge is 0.125 e. The topological polar surface area (TPSA) is 41.5 Å². The second kappa shape index (κ2) is 7.09. The summed E-state index contributed by atoms with van der Waals surface area (Å²) in [5, 5.41) is 13.2. The van der Waals surface area contributed by atoms with E-state index in [9.17, 15) is 5.11 Å². The first-order valence-corrected chi connectivity index (χ1v) is 7.35. The lowest BCUT2D eigenvalue weighted by Gasteiger charge is -2.20. The molecule has 1 aromatic carbocycles. The summed E-state index contributed by atoms with van der Waals surface area (Å²) in [5.74, 6) is 1.55. The summed E-state index contributed by atoms with van der Waals surface area (Å²) in [6, 6.07) is 4.31. The molecule has 0 amide bonds. The maximum absolute atomic E-state index is 9.75. The summed E-state index contributed by atoms with van der Waals surface area (Å²) >= 11 is 0. The van der Waals surface area contributed by atoms with Gasteiger partial charge in [0.1, 0.15) is 12.4 Å². The number of aryl methyl sites for hydroxylation is 2. The SMILES string of the molecule is Cc1cc(CNCC(C)C)cc(C)c1OCC(C)(C)O. The molecule has 0 atom stereocenters. The van der Waals surface area contributed by atoms with Crippen LogP contribution in [0.3, 0.4) is 0 Å². The van der Waals surface area contributed by atoms with Gasteiger partial charge in [-0.15, -0.1) is 0 Å². The number of aliphatic hydroxyl groups is 1. The van der Waals surface area contributed by atoms with Gasteiger partial charge in [-0.3, -0.25) is 0 Å². The van der Waals surface area contributed by atoms with E-state index in [1.54, 1.807) is 13.8 Å². The van der Waals surface area contributed by atoms with E-state index in [1.807, 2.05) is 0 Å². The monoisotopic (exact) mass is 279 g/mol. The van der Waals surface area contributed by atoms with E-state index in [-0.39, 0.29) is 0 Å². The first-order valence-electron chi connectivity index (χ1n) is 7.35. The lowest BCUT2D eigenvalue weighted by Crippen LogP contribution is -2.28. The Morgan fingerprint density at radius 3 is 2.20 bits per heavy atom. The molecule has 1 rings (SSSR count). The number of rotatable bonds is 7. The molecular formula is C17H29NO2. The van der Waals surface area contributed by atoms with Crippen molar-refractivity contribution in [2.75, 3.05) is 13.2 Å². The summed E-state index contributed by atoms with van der Waals surface area (Å²) in [7, 11) is 0. The van der Waals surface area contributed by atoms with Crippen LogP contribution in [0.2, 0.25) is 0 Å². The van der Waals surface area contributed by atoms with E-state index in [4.69, 9.17) is 4.74 Å². The van der Waals surface area contributed by atoms with E-state index >= 15 is 0 Å². The van der Waals surface area contributed by atoms with Gasteiger partial charge in [0.25, 0.3) is 0 Å². The van der Waals surface area contributed by atoms with E-state index in [0.29, 0.717) is 12.5 Å². The number of benzene rings is 1. The molecule has 3 nitrogen and oxygen atoms in total. The molecule has 1 aromatic rings. The molecule has 0 saturated heterocycles. The molecule has 0 saturated carbocycles. The van der Waals surface area contributed by atoms with Crippen LogP contribution in [0.25, 0.3) is 0 Å². The van der Waals surface area contributed by atoms with Crippen molar-refractivity contribution in [1.29, 1.82) is 0 Å². The molecule has 20 heavy (non-hydrogen) atoms. The highest BCUT2D eigenvalue weighted by Gasteiger charge is 2.15. The zero-order chi connectivity index (χ0) is 15.3. The molecule has 0 spiro atoms. The van der Waals surface area contributed by atoms with E-state index in [0.717, 1.165) is 30.0 Å². The largest absolute Gasteiger partial charge is 0.490 e. The van der Waals surface area contributed by atoms with Gasteiger partial charge in [0.15, 0.2) is 0 Å². The zero-order valence-electron chi connectivity index (χ0n) is 13.7. The summed E-state index contributed by atoms with van der Waals surface area (Å²) < 4.78 is 5.76. The number of hydrogen-bond acceptors (Lipinski definition) is 3. The Kier molecular flexibility index (Phi) is 6.03. The molecule has 0 aliphatic heterocycles. The highest BCUT2D eigenvalue weighted by atomic mass is 16.5. The predicted octanol–water partition coefficient (Wildman–Crippen LogP) is 3.20. The Hall–Kier alpha value is -1.06. The molecule has 0 unspecified atom stereocenters. The fraction of sp³-hybridized carbons (Fsp3) is 0.647. The fourth-order valence-electron chi connectivity index (χ4n) is 2.12. The molecular weight excluding hydrogens is 250 g/mol. The Balaban J connectivity index is 2.71. The van der Waals surface area contributed by atoms with Crippen molar-refractivity contribution in [2.45, 2.75) is 53.7 Å². The molecule has 0 fully saturated rings. The Labute approximate surface area is 123 Å². The lowest BCUT2D eigenvalue weighted by atomic mass is 10.0. The van der Waals surface area contributed by atoms with Gasteiger partial charge in [0.05, 0.1) is 5.60 Å². The second-order valence-electron chi connectivity index (χ2n) is 6.68. The van der Waals surface area contributed by atoms with Crippen molar-refractivity contribution < 1.29 is 9.84 Å². The maximum Gasteiger partial charge on any atom is 0.125 e. The highest BCUT2D eigenvalue weighted by molar-refractivity contribution is 5.43.